The lowest BCUT2D eigenvalue weighted by Crippen LogP contribution is -2.04. The zero-order valence-electron chi connectivity index (χ0n) is 12.1. The lowest BCUT2D eigenvalue weighted by molar-refractivity contribution is 0.698. The second-order valence-electron chi connectivity index (χ2n) is 6.20. The van der Waals surface area contributed by atoms with E-state index in [0.29, 0.717) is 11.8 Å². The van der Waals surface area contributed by atoms with Crippen LogP contribution in [0.1, 0.15) is 86.4 Å². The van der Waals surface area contributed by atoms with E-state index in [1.807, 2.05) is 0 Å². The minimum Gasteiger partial charge on any atom is -0.118 e. The fraction of sp³-hybridized carbons (Fsp3) is 0.647. The van der Waals surface area contributed by atoms with Gasteiger partial charge in [-0.15, -0.1) is 11.6 Å². The maximum absolute atomic E-state index is 6.60. The highest BCUT2D eigenvalue weighted by atomic mass is 35.5. The van der Waals surface area contributed by atoms with E-state index in [9.17, 15) is 0 Å². The van der Waals surface area contributed by atoms with Crippen LogP contribution < -0.4 is 0 Å². The van der Waals surface area contributed by atoms with Crippen molar-refractivity contribution in [2.24, 2.45) is 0 Å². The molecule has 0 aliphatic heterocycles. The average Bonchev–Trinajstić information content (AvgIpc) is 2.50. The predicted octanol–water partition coefficient (Wildman–Crippen LogP) is 5.94. The molecule has 0 heterocycles. The summed E-state index contributed by atoms with van der Waals surface area (Å²) in [7, 11) is 0. The monoisotopic (exact) mass is 264 g/mol. The first kappa shape index (κ1) is 13.9. The van der Waals surface area contributed by atoms with Crippen LogP contribution in [0.2, 0.25) is 0 Å². The fourth-order valence-electron chi connectivity index (χ4n) is 2.94. The van der Waals surface area contributed by atoms with Gasteiger partial charge in [0.25, 0.3) is 0 Å². The van der Waals surface area contributed by atoms with E-state index in [1.54, 1.807) is 5.56 Å². The molecule has 2 rings (SSSR count). The van der Waals surface area contributed by atoms with Gasteiger partial charge in [0.1, 0.15) is 0 Å². The number of alkyl halides is 1. The van der Waals surface area contributed by atoms with Crippen molar-refractivity contribution in [1.82, 2.24) is 0 Å². The van der Waals surface area contributed by atoms with Crippen molar-refractivity contribution in [2.45, 2.75) is 70.6 Å². The van der Waals surface area contributed by atoms with Crippen LogP contribution in [-0.4, -0.2) is 0 Å². The minimum atomic E-state index is 0.221. The van der Waals surface area contributed by atoms with Crippen molar-refractivity contribution in [3.05, 3.63) is 34.4 Å². The van der Waals surface area contributed by atoms with Gasteiger partial charge in [-0.3, -0.25) is 0 Å². The molecule has 100 valence electrons. The third-order valence-electron chi connectivity index (χ3n) is 4.10. The maximum Gasteiger partial charge on any atom is 0.0588 e. The van der Waals surface area contributed by atoms with Gasteiger partial charge in [-0.1, -0.05) is 46.2 Å². The number of hydrogen-bond acceptors (Lipinski definition) is 0. The lowest BCUT2D eigenvalue weighted by atomic mass is 9.86. The number of rotatable bonds is 2. The molecule has 0 radical (unpaired) electrons. The van der Waals surface area contributed by atoms with Gasteiger partial charge in [0.15, 0.2) is 0 Å². The van der Waals surface area contributed by atoms with Gasteiger partial charge in [-0.05, 0) is 53.4 Å². The molecule has 0 amide bonds. The van der Waals surface area contributed by atoms with Gasteiger partial charge in [-0.25, -0.2) is 0 Å². The van der Waals surface area contributed by atoms with Crippen molar-refractivity contribution in [1.29, 1.82) is 0 Å². The molecule has 1 aromatic carbocycles. The third kappa shape index (κ3) is 2.74. The molecule has 0 aromatic heterocycles. The Bertz CT molecular complexity index is 418. The quantitative estimate of drug-likeness (QED) is 0.458. The van der Waals surface area contributed by atoms with Crippen LogP contribution in [-0.2, 0) is 6.42 Å². The van der Waals surface area contributed by atoms with Crippen LogP contribution >= 0.6 is 11.6 Å². The van der Waals surface area contributed by atoms with E-state index >= 15 is 0 Å². The van der Waals surface area contributed by atoms with Crippen LogP contribution in [0.25, 0.3) is 0 Å². The van der Waals surface area contributed by atoms with Crippen molar-refractivity contribution in [2.75, 3.05) is 0 Å². The van der Waals surface area contributed by atoms with E-state index in [0.717, 1.165) is 6.42 Å². The second-order valence-corrected chi connectivity index (χ2v) is 6.73. The van der Waals surface area contributed by atoms with Gasteiger partial charge in [0, 0.05) is 0 Å². The molecule has 18 heavy (non-hydrogen) atoms. The topological polar surface area (TPSA) is 0 Å². The Hall–Kier alpha value is -0.490. The molecular formula is C17H25Cl. The number of halogens is 1. The Morgan fingerprint density at radius 3 is 2.39 bits per heavy atom. The fourth-order valence-corrected chi connectivity index (χ4v) is 3.29. The van der Waals surface area contributed by atoms with Gasteiger partial charge in [-0.2, -0.15) is 0 Å². The molecule has 1 atom stereocenters. The molecule has 1 aromatic rings. The summed E-state index contributed by atoms with van der Waals surface area (Å²) in [6.07, 6.45) is 4.90. The van der Waals surface area contributed by atoms with Crippen LogP contribution in [0, 0.1) is 0 Å². The third-order valence-corrected chi connectivity index (χ3v) is 4.56. The van der Waals surface area contributed by atoms with E-state index in [2.05, 4.69) is 39.8 Å². The normalized spacial score (nSPS) is 20.1. The van der Waals surface area contributed by atoms with E-state index in [-0.39, 0.29) is 5.38 Å². The first-order valence-electron chi connectivity index (χ1n) is 7.31. The van der Waals surface area contributed by atoms with Crippen molar-refractivity contribution >= 4 is 11.6 Å². The average molecular weight is 265 g/mol. The molecule has 1 heteroatoms. The molecule has 1 aliphatic rings. The Morgan fingerprint density at radius 1 is 1.06 bits per heavy atom. The van der Waals surface area contributed by atoms with Gasteiger partial charge in [0.2, 0.25) is 0 Å². The molecule has 0 spiro atoms. The summed E-state index contributed by atoms with van der Waals surface area (Å²) in [4.78, 5) is 0. The standard InChI is InChI=1S/C17H25Cl/c1-11(2)13-9-15(12(3)4)14-7-5-6-8-17(18)16(14)10-13/h9-12,17H,5-8H2,1-4H3. The summed E-state index contributed by atoms with van der Waals surface area (Å²) in [5.74, 6) is 1.18. The van der Waals surface area contributed by atoms with Crippen molar-refractivity contribution in [3.8, 4) is 0 Å². The van der Waals surface area contributed by atoms with Crippen LogP contribution in [0.15, 0.2) is 12.1 Å². The second kappa shape index (κ2) is 5.65. The van der Waals surface area contributed by atoms with Crippen LogP contribution in [0.3, 0.4) is 0 Å². The van der Waals surface area contributed by atoms with Crippen LogP contribution in [0.4, 0.5) is 0 Å². The first-order chi connectivity index (χ1) is 8.50. The first-order valence-corrected chi connectivity index (χ1v) is 7.75. The summed E-state index contributed by atoms with van der Waals surface area (Å²) < 4.78 is 0. The molecule has 0 bridgehead atoms. The number of hydrogen-bond donors (Lipinski definition) is 0. The molecule has 0 saturated carbocycles. The van der Waals surface area contributed by atoms with Gasteiger partial charge >= 0.3 is 0 Å². The van der Waals surface area contributed by atoms with Crippen LogP contribution in [0.5, 0.6) is 0 Å². The number of benzene rings is 1. The Balaban J connectivity index is 2.58. The zero-order chi connectivity index (χ0) is 13.3. The van der Waals surface area contributed by atoms with Crippen molar-refractivity contribution < 1.29 is 0 Å². The summed E-state index contributed by atoms with van der Waals surface area (Å²) in [6.45, 7) is 9.14. The number of fused-ring (bicyclic) bond motifs is 1. The highest BCUT2D eigenvalue weighted by Gasteiger charge is 2.21. The zero-order valence-corrected chi connectivity index (χ0v) is 12.8. The molecule has 0 saturated heterocycles. The highest BCUT2D eigenvalue weighted by molar-refractivity contribution is 6.21. The Kier molecular flexibility index (Phi) is 4.37. The molecule has 1 aliphatic carbocycles. The predicted molar refractivity (Wildman–Crippen MR) is 80.8 cm³/mol. The van der Waals surface area contributed by atoms with E-state index in [4.69, 9.17) is 11.6 Å². The lowest BCUT2D eigenvalue weighted by Gasteiger charge is -2.21. The smallest absolute Gasteiger partial charge is 0.0588 e. The summed E-state index contributed by atoms with van der Waals surface area (Å²) in [6, 6.07) is 4.79. The molecule has 0 nitrogen and oxygen atoms in total. The summed E-state index contributed by atoms with van der Waals surface area (Å²) >= 11 is 6.60. The SMILES string of the molecule is CC(C)c1cc(C(C)C)c2c(c1)C(Cl)CCCC2. The Morgan fingerprint density at radius 2 is 1.78 bits per heavy atom. The largest absolute Gasteiger partial charge is 0.118 e. The van der Waals surface area contributed by atoms with Gasteiger partial charge in [0.05, 0.1) is 5.38 Å². The Labute approximate surface area is 117 Å². The molecule has 0 fully saturated rings. The van der Waals surface area contributed by atoms with E-state index in [1.165, 1.54) is 36.0 Å². The molecule has 1 unspecified atom stereocenters. The summed E-state index contributed by atoms with van der Waals surface area (Å²) in [5.41, 5.74) is 5.95. The molecule has 0 N–H and O–H groups in total. The van der Waals surface area contributed by atoms with E-state index < -0.39 is 0 Å². The summed E-state index contributed by atoms with van der Waals surface area (Å²) in [5, 5.41) is 0.221. The van der Waals surface area contributed by atoms with Crippen molar-refractivity contribution in [3.63, 3.8) is 0 Å². The maximum atomic E-state index is 6.60. The minimum absolute atomic E-state index is 0.221. The van der Waals surface area contributed by atoms with Gasteiger partial charge < -0.3 is 0 Å². The molecular weight excluding hydrogens is 240 g/mol. The highest BCUT2D eigenvalue weighted by Crippen LogP contribution is 2.39.